The molecule has 134 valence electrons. The third-order valence-corrected chi connectivity index (χ3v) is 8.24. The average molecular weight is 395 g/mol. The maximum Gasteiger partial charge on any atom is 0.390 e. The second kappa shape index (κ2) is 8.32. The minimum absolute atomic E-state index is 0.0922. The lowest BCUT2D eigenvalue weighted by Crippen LogP contribution is -2.30. The second-order valence-corrected chi connectivity index (χ2v) is 18.4. The van der Waals surface area contributed by atoms with Gasteiger partial charge in [-0.2, -0.15) is 16.8 Å². The predicted octanol–water partition coefficient (Wildman–Crippen LogP) is 1.99. The van der Waals surface area contributed by atoms with Crippen LogP contribution in [0.25, 0.3) is 0 Å². The minimum atomic E-state index is -4.00. The first-order valence-corrected chi connectivity index (χ1v) is 16.3. The summed E-state index contributed by atoms with van der Waals surface area (Å²) in [5.41, 5.74) is 0. The molecule has 0 aliphatic carbocycles. The number of rotatable bonds is 11. The lowest BCUT2D eigenvalue weighted by atomic mass is 10.3. The van der Waals surface area contributed by atoms with Gasteiger partial charge in [0.25, 0.3) is 0 Å². The Balaban J connectivity index is 3.97. The molecule has 0 amide bonds. The van der Waals surface area contributed by atoms with Gasteiger partial charge in [0.05, 0.1) is 13.2 Å². The van der Waals surface area contributed by atoms with Crippen LogP contribution in [0.4, 0.5) is 0 Å². The van der Waals surface area contributed by atoms with Crippen molar-refractivity contribution in [2.24, 2.45) is 0 Å². The molecule has 0 atom stereocenters. The lowest BCUT2D eigenvalue weighted by molar-refractivity contribution is 0.235. The highest BCUT2D eigenvalue weighted by atomic mass is 32.3. The van der Waals surface area contributed by atoms with Gasteiger partial charge in [0.15, 0.2) is 0 Å². The van der Waals surface area contributed by atoms with Crippen molar-refractivity contribution >= 4 is 37.4 Å². The zero-order valence-electron chi connectivity index (χ0n) is 13.9. The van der Waals surface area contributed by atoms with Crippen molar-refractivity contribution in [3.05, 3.63) is 0 Å². The Morgan fingerprint density at radius 1 is 0.636 bits per heavy atom. The van der Waals surface area contributed by atoms with E-state index in [2.05, 4.69) is 8.37 Å². The highest BCUT2D eigenvalue weighted by molar-refractivity contribution is 7.83. The molecule has 0 N–H and O–H groups in total. The summed E-state index contributed by atoms with van der Waals surface area (Å²) in [6.07, 6.45) is 0.632. The molecular formula is C10H26O8S2Si2. The van der Waals surface area contributed by atoms with Gasteiger partial charge in [-0.25, -0.2) is 8.37 Å². The normalized spacial score (nSPS) is 14.3. The van der Waals surface area contributed by atoms with Crippen molar-refractivity contribution in [2.45, 2.75) is 52.1 Å². The molecule has 0 fully saturated rings. The summed E-state index contributed by atoms with van der Waals surface area (Å²) in [7, 11) is -12.5. The summed E-state index contributed by atoms with van der Waals surface area (Å²) in [6.45, 7) is 10.2. The SMILES string of the molecule is C[Si](C)(C)OS(=O)(=O)OCCCCOS(=O)(=O)O[Si](C)(C)C. The maximum atomic E-state index is 11.4. The van der Waals surface area contributed by atoms with Gasteiger partial charge in [-0.1, -0.05) is 0 Å². The van der Waals surface area contributed by atoms with E-state index in [0.717, 1.165) is 0 Å². The van der Waals surface area contributed by atoms with Crippen LogP contribution in [0.5, 0.6) is 0 Å². The monoisotopic (exact) mass is 394 g/mol. The molecule has 8 nitrogen and oxygen atoms in total. The van der Waals surface area contributed by atoms with Crippen LogP contribution < -0.4 is 0 Å². The van der Waals surface area contributed by atoms with E-state index in [1.54, 1.807) is 39.3 Å². The van der Waals surface area contributed by atoms with Gasteiger partial charge in [0.2, 0.25) is 16.6 Å². The molecular weight excluding hydrogens is 368 g/mol. The Morgan fingerprint density at radius 3 is 1.14 bits per heavy atom. The fourth-order valence-corrected chi connectivity index (χ4v) is 7.11. The van der Waals surface area contributed by atoms with E-state index in [9.17, 15) is 16.8 Å². The maximum absolute atomic E-state index is 11.4. The first kappa shape index (κ1) is 22.2. The summed E-state index contributed by atoms with van der Waals surface area (Å²) in [5.74, 6) is 0. The van der Waals surface area contributed by atoms with Crippen molar-refractivity contribution in [3.8, 4) is 0 Å². The summed E-state index contributed by atoms with van der Waals surface area (Å²) in [6, 6.07) is 0. The van der Waals surface area contributed by atoms with Crippen LogP contribution in [0.3, 0.4) is 0 Å². The van der Waals surface area contributed by atoms with E-state index in [1.165, 1.54) is 0 Å². The molecule has 0 spiro atoms. The van der Waals surface area contributed by atoms with Crippen molar-refractivity contribution in [3.63, 3.8) is 0 Å². The molecule has 22 heavy (non-hydrogen) atoms. The Hall–Kier alpha value is 0.174. The molecule has 0 bridgehead atoms. The highest BCUT2D eigenvalue weighted by Gasteiger charge is 2.26. The fourth-order valence-electron chi connectivity index (χ4n) is 1.19. The quantitative estimate of drug-likeness (QED) is 0.387. The average Bonchev–Trinajstić information content (AvgIpc) is 2.15. The minimum Gasteiger partial charge on any atom is -0.294 e. The van der Waals surface area contributed by atoms with E-state index >= 15 is 0 Å². The van der Waals surface area contributed by atoms with Crippen LogP contribution in [0.1, 0.15) is 12.8 Å². The predicted molar refractivity (Wildman–Crippen MR) is 87.8 cm³/mol. The van der Waals surface area contributed by atoms with Crippen molar-refractivity contribution in [2.75, 3.05) is 13.2 Å². The molecule has 0 saturated heterocycles. The van der Waals surface area contributed by atoms with Crippen molar-refractivity contribution in [1.29, 1.82) is 0 Å². The Kier molecular flexibility index (Phi) is 8.39. The Labute approximate surface area is 136 Å². The molecule has 0 aliphatic rings. The van der Waals surface area contributed by atoms with Gasteiger partial charge in [0.1, 0.15) is 0 Å². The zero-order valence-corrected chi connectivity index (χ0v) is 17.5. The number of unbranched alkanes of at least 4 members (excludes halogenated alkanes) is 1. The van der Waals surface area contributed by atoms with Crippen LogP contribution in [-0.2, 0) is 36.9 Å². The molecule has 0 heterocycles. The van der Waals surface area contributed by atoms with Crippen LogP contribution in [-0.4, -0.2) is 46.7 Å². The van der Waals surface area contributed by atoms with Gasteiger partial charge < -0.3 is 0 Å². The fraction of sp³-hybridized carbons (Fsp3) is 1.00. The van der Waals surface area contributed by atoms with Gasteiger partial charge in [-0.05, 0) is 52.1 Å². The molecule has 0 aromatic carbocycles. The second-order valence-electron chi connectivity index (χ2n) is 6.56. The first-order valence-electron chi connectivity index (χ1n) is 6.82. The van der Waals surface area contributed by atoms with Crippen molar-refractivity contribution in [1.82, 2.24) is 0 Å². The summed E-state index contributed by atoms with van der Waals surface area (Å²) < 4.78 is 64.9. The smallest absolute Gasteiger partial charge is 0.294 e. The van der Waals surface area contributed by atoms with E-state index in [1.807, 2.05) is 0 Å². The van der Waals surface area contributed by atoms with Crippen LogP contribution in [0.2, 0.25) is 39.3 Å². The van der Waals surface area contributed by atoms with Gasteiger partial charge in [0, 0.05) is 0 Å². The summed E-state index contributed by atoms with van der Waals surface area (Å²) in [4.78, 5) is 0. The molecule has 12 heteroatoms. The third kappa shape index (κ3) is 13.8. The highest BCUT2D eigenvalue weighted by Crippen LogP contribution is 2.12. The molecule has 0 unspecified atom stereocenters. The molecule has 0 aliphatic heterocycles. The van der Waals surface area contributed by atoms with E-state index in [4.69, 9.17) is 7.74 Å². The number of hydrogen-bond acceptors (Lipinski definition) is 8. The van der Waals surface area contributed by atoms with E-state index in [-0.39, 0.29) is 13.2 Å². The van der Waals surface area contributed by atoms with E-state index < -0.39 is 37.4 Å². The van der Waals surface area contributed by atoms with Crippen LogP contribution >= 0.6 is 0 Å². The van der Waals surface area contributed by atoms with Crippen LogP contribution in [0, 0.1) is 0 Å². The van der Waals surface area contributed by atoms with Gasteiger partial charge in [-0.3, -0.25) is 7.74 Å². The first-order chi connectivity index (χ1) is 9.62. The third-order valence-electron chi connectivity index (χ3n) is 1.70. The standard InChI is InChI=1S/C10H26O8S2Si2/c1-21(2,3)17-19(11,12)15-9-7-8-10-16-20(13,14)18-22(4,5)6/h7-10H2,1-6H3. The molecule has 0 aromatic heterocycles. The Morgan fingerprint density at radius 2 is 0.909 bits per heavy atom. The molecule has 0 rings (SSSR count). The van der Waals surface area contributed by atoms with E-state index in [0.29, 0.717) is 12.8 Å². The Bertz CT molecular complexity index is 480. The molecule has 0 saturated carbocycles. The summed E-state index contributed by atoms with van der Waals surface area (Å²) in [5, 5.41) is 0. The van der Waals surface area contributed by atoms with Crippen molar-refractivity contribution < 1.29 is 32.9 Å². The summed E-state index contributed by atoms with van der Waals surface area (Å²) >= 11 is 0. The van der Waals surface area contributed by atoms with Gasteiger partial charge >= 0.3 is 20.8 Å². The topological polar surface area (TPSA) is 105 Å². The number of hydrogen-bond donors (Lipinski definition) is 0. The largest absolute Gasteiger partial charge is 0.390 e. The molecule has 0 aromatic rings. The lowest BCUT2D eigenvalue weighted by Gasteiger charge is -2.16. The van der Waals surface area contributed by atoms with Crippen LogP contribution in [0.15, 0.2) is 0 Å². The molecule has 0 radical (unpaired) electrons. The zero-order chi connectivity index (χ0) is 17.7. The van der Waals surface area contributed by atoms with Gasteiger partial charge in [-0.15, -0.1) is 0 Å².